The van der Waals surface area contributed by atoms with Crippen molar-refractivity contribution in [3.05, 3.63) is 35.4 Å². The molecule has 1 aromatic rings. The minimum atomic E-state index is -0.352. The molecule has 1 aliphatic rings. The van der Waals surface area contributed by atoms with Crippen molar-refractivity contribution in [1.82, 2.24) is 5.32 Å². The Morgan fingerprint density at radius 3 is 2.89 bits per heavy atom. The normalized spacial score (nSPS) is 20.3. The first-order valence-corrected chi connectivity index (χ1v) is 7.25. The third-order valence-electron chi connectivity index (χ3n) is 3.51. The molecule has 0 aliphatic carbocycles. The fraction of sp³-hybridized carbons (Fsp3) is 0.625. The summed E-state index contributed by atoms with van der Waals surface area (Å²) in [7, 11) is 0. The van der Waals surface area contributed by atoms with E-state index >= 15 is 0 Å². The number of nitrogens with one attached hydrogen (secondary N) is 1. The zero-order valence-corrected chi connectivity index (χ0v) is 11.9. The van der Waals surface area contributed by atoms with Crippen molar-refractivity contribution in [2.75, 3.05) is 19.7 Å². The molecule has 0 saturated heterocycles. The molecule has 3 heteroatoms. The number of ether oxygens (including phenoxy) is 1. The van der Waals surface area contributed by atoms with Gasteiger partial charge in [-0.2, -0.15) is 0 Å². The van der Waals surface area contributed by atoms with Gasteiger partial charge in [-0.3, -0.25) is 0 Å². The fourth-order valence-electron chi connectivity index (χ4n) is 2.54. The summed E-state index contributed by atoms with van der Waals surface area (Å²) in [5.41, 5.74) is 2.61. The van der Waals surface area contributed by atoms with Gasteiger partial charge in [-0.15, -0.1) is 0 Å². The zero-order valence-electron chi connectivity index (χ0n) is 11.9. The first-order valence-electron chi connectivity index (χ1n) is 7.25. The average molecular weight is 263 g/mol. The van der Waals surface area contributed by atoms with E-state index in [9.17, 15) is 5.11 Å². The number of rotatable bonds is 6. The predicted octanol–water partition coefficient (Wildman–Crippen LogP) is 2.30. The molecule has 2 atom stereocenters. The van der Waals surface area contributed by atoms with Gasteiger partial charge >= 0.3 is 0 Å². The second-order valence-corrected chi connectivity index (χ2v) is 5.75. The second-order valence-electron chi connectivity index (χ2n) is 5.75. The van der Waals surface area contributed by atoms with Gasteiger partial charge in [0.25, 0.3) is 0 Å². The summed E-state index contributed by atoms with van der Waals surface area (Å²) in [4.78, 5) is 0. The van der Waals surface area contributed by atoms with Gasteiger partial charge in [0.1, 0.15) is 0 Å². The maximum Gasteiger partial charge on any atom is 0.0852 e. The topological polar surface area (TPSA) is 41.5 Å². The van der Waals surface area contributed by atoms with E-state index in [1.54, 1.807) is 0 Å². The van der Waals surface area contributed by atoms with Crippen molar-refractivity contribution in [2.45, 2.75) is 38.9 Å². The SMILES string of the molecule is CC(C)CNCC(O)CC1OCCc2ccccc21. The minimum Gasteiger partial charge on any atom is -0.392 e. The Kier molecular flexibility index (Phi) is 5.37. The van der Waals surface area contributed by atoms with Crippen LogP contribution in [0.15, 0.2) is 24.3 Å². The maximum absolute atomic E-state index is 10.1. The molecule has 1 heterocycles. The van der Waals surface area contributed by atoms with E-state index in [0.29, 0.717) is 18.9 Å². The molecule has 1 aliphatic heterocycles. The lowest BCUT2D eigenvalue weighted by molar-refractivity contribution is 0.00457. The number of aliphatic hydroxyl groups is 1. The van der Waals surface area contributed by atoms with Crippen LogP contribution < -0.4 is 5.32 Å². The molecule has 0 aromatic heterocycles. The molecule has 0 fully saturated rings. The van der Waals surface area contributed by atoms with E-state index < -0.39 is 0 Å². The summed E-state index contributed by atoms with van der Waals surface area (Å²) in [6, 6.07) is 8.40. The highest BCUT2D eigenvalue weighted by Crippen LogP contribution is 2.30. The van der Waals surface area contributed by atoms with Crippen LogP contribution in [0.3, 0.4) is 0 Å². The lowest BCUT2D eigenvalue weighted by Gasteiger charge is -2.28. The Morgan fingerprint density at radius 2 is 2.11 bits per heavy atom. The van der Waals surface area contributed by atoms with Gasteiger partial charge < -0.3 is 15.2 Å². The highest BCUT2D eigenvalue weighted by molar-refractivity contribution is 5.30. The quantitative estimate of drug-likeness (QED) is 0.827. The number of aliphatic hydroxyl groups excluding tert-OH is 1. The number of hydrogen-bond acceptors (Lipinski definition) is 3. The molecule has 0 spiro atoms. The highest BCUT2D eigenvalue weighted by atomic mass is 16.5. The maximum atomic E-state index is 10.1. The summed E-state index contributed by atoms with van der Waals surface area (Å²) < 4.78 is 5.81. The van der Waals surface area contributed by atoms with Crippen LogP contribution in [0.2, 0.25) is 0 Å². The van der Waals surface area contributed by atoms with Crippen LogP contribution in [-0.2, 0) is 11.2 Å². The van der Waals surface area contributed by atoms with Crippen LogP contribution in [0.1, 0.15) is 37.5 Å². The molecular formula is C16H25NO2. The molecule has 2 unspecified atom stereocenters. The molecule has 106 valence electrons. The van der Waals surface area contributed by atoms with Crippen molar-refractivity contribution >= 4 is 0 Å². The number of hydrogen-bond donors (Lipinski definition) is 2. The van der Waals surface area contributed by atoms with E-state index in [2.05, 4.69) is 37.4 Å². The van der Waals surface area contributed by atoms with E-state index in [1.807, 2.05) is 6.07 Å². The van der Waals surface area contributed by atoms with Crippen molar-refractivity contribution in [3.8, 4) is 0 Å². The lowest BCUT2D eigenvalue weighted by Crippen LogP contribution is -2.32. The average Bonchev–Trinajstić information content (AvgIpc) is 2.39. The minimum absolute atomic E-state index is 0.0424. The van der Waals surface area contributed by atoms with Crippen LogP contribution in [0.5, 0.6) is 0 Å². The summed E-state index contributed by atoms with van der Waals surface area (Å²) in [6.45, 7) is 6.67. The Hall–Kier alpha value is -0.900. The van der Waals surface area contributed by atoms with Crippen LogP contribution in [0.4, 0.5) is 0 Å². The van der Waals surface area contributed by atoms with Crippen molar-refractivity contribution < 1.29 is 9.84 Å². The molecule has 0 bridgehead atoms. The summed E-state index contributed by atoms with van der Waals surface area (Å²) >= 11 is 0. The van der Waals surface area contributed by atoms with Gasteiger partial charge in [-0.1, -0.05) is 38.1 Å². The highest BCUT2D eigenvalue weighted by Gasteiger charge is 2.22. The molecule has 0 radical (unpaired) electrons. The van der Waals surface area contributed by atoms with E-state index in [4.69, 9.17) is 4.74 Å². The van der Waals surface area contributed by atoms with Gasteiger partial charge in [0.2, 0.25) is 0 Å². The van der Waals surface area contributed by atoms with Crippen LogP contribution in [-0.4, -0.2) is 30.9 Å². The molecule has 0 saturated carbocycles. The van der Waals surface area contributed by atoms with Crippen molar-refractivity contribution in [3.63, 3.8) is 0 Å². The van der Waals surface area contributed by atoms with E-state index in [0.717, 1.165) is 19.6 Å². The van der Waals surface area contributed by atoms with Crippen LogP contribution >= 0.6 is 0 Å². The third kappa shape index (κ3) is 4.30. The monoisotopic (exact) mass is 263 g/mol. The molecule has 3 nitrogen and oxygen atoms in total. The Morgan fingerprint density at radius 1 is 1.32 bits per heavy atom. The van der Waals surface area contributed by atoms with Gasteiger partial charge in [0, 0.05) is 13.0 Å². The molecule has 0 amide bonds. The molecule has 2 N–H and O–H groups in total. The van der Waals surface area contributed by atoms with Crippen LogP contribution in [0.25, 0.3) is 0 Å². The first kappa shape index (κ1) is 14.5. The molecule has 2 rings (SSSR count). The third-order valence-corrected chi connectivity index (χ3v) is 3.51. The molecular weight excluding hydrogens is 238 g/mol. The van der Waals surface area contributed by atoms with Gasteiger partial charge in [0.05, 0.1) is 18.8 Å². The first-order chi connectivity index (χ1) is 9.16. The Balaban J connectivity index is 1.86. The predicted molar refractivity (Wildman–Crippen MR) is 77.2 cm³/mol. The Labute approximate surface area is 116 Å². The van der Waals surface area contributed by atoms with Crippen molar-refractivity contribution in [2.24, 2.45) is 5.92 Å². The molecule has 19 heavy (non-hydrogen) atoms. The van der Waals surface area contributed by atoms with E-state index in [-0.39, 0.29) is 12.2 Å². The van der Waals surface area contributed by atoms with E-state index in [1.165, 1.54) is 11.1 Å². The van der Waals surface area contributed by atoms with Gasteiger partial charge in [0.15, 0.2) is 0 Å². The molecule has 1 aromatic carbocycles. The Bertz CT molecular complexity index is 392. The van der Waals surface area contributed by atoms with Gasteiger partial charge in [-0.05, 0) is 30.0 Å². The fourth-order valence-corrected chi connectivity index (χ4v) is 2.54. The van der Waals surface area contributed by atoms with Crippen LogP contribution in [0, 0.1) is 5.92 Å². The lowest BCUT2D eigenvalue weighted by atomic mass is 9.94. The smallest absolute Gasteiger partial charge is 0.0852 e. The second kappa shape index (κ2) is 7.04. The summed E-state index contributed by atoms with van der Waals surface area (Å²) in [5, 5.41) is 13.4. The largest absolute Gasteiger partial charge is 0.392 e. The zero-order chi connectivity index (χ0) is 13.7. The summed E-state index contributed by atoms with van der Waals surface area (Å²) in [6.07, 6.45) is 1.34. The number of benzene rings is 1. The number of fused-ring (bicyclic) bond motifs is 1. The van der Waals surface area contributed by atoms with Crippen molar-refractivity contribution in [1.29, 1.82) is 0 Å². The standard InChI is InChI=1S/C16H25NO2/c1-12(2)10-17-11-14(18)9-16-15-6-4-3-5-13(15)7-8-19-16/h3-6,12,14,16-18H,7-11H2,1-2H3. The summed E-state index contributed by atoms with van der Waals surface area (Å²) in [5.74, 6) is 0.610. The van der Waals surface area contributed by atoms with Gasteiger partial charge in [-0.25, -0.2) is 0 Å².